The van der Waals surface area contributed by atoms with Crippen LogP contribution >= 0.6 is 11.8 Å². The van der Waals surface area contributed by atoms with E-state index in [1.807, 2.05) is 0 Å². The number of hydrogen-bond donors (Lipinski definition) is 2. The molecule has 0 saturated carbocycles. The lowest BCUT2D eigenvalue weighted by molar-refractivity contribution is 0.0945. The van der Waals surface area contributed by atoms with Crippen molar-refractivity contribution in [2.75, 3.05) is 13.2 Å². The molecule has 0 radical (unpaired) electrons. The fraction of sp³-hybridized carbons (Fsp3) is 0.0952. The van der Waals surface area contributed by atoms with Crippen molar-refractivity contribution in [2.45, 2.75) is 9.79 Å². The van der Waals surface area contributed by atoms with Gasteiger partial charge in [0.15, 0.2) is 11.5 Å². The van der Waals surface area contributed by atoms with Gasteiger partial charge >= 0.3 is 0 Å². The van der Waals surface area contributed by atoms with Crippen LogP contribution in [0.4, 0.5) is 8.78 Å². The van der Waals surface area contributed by atoms with Gasteiger partial charge in [0.05, 0.1) is 6.61 Å². The van der Waals surface area contributed by atoms with Crippen LogP contribution in [0.1, 0.15) is 10.4 Å². The number of amides is 1. The Morgan fingerprint density at radius 1 is 1.07 bits per heavy atom. The van der Waals surface area contributed by atoms with Gasteiger partial charge in [0, 0.05) is 39.7 Å². The predicted molar refractivity (Wildman–Crippen MR) is 108 cm³/mol. The van der Waals surface area contributed by atoms with E-state index in [0.717, 1.165) is 16.5 Å². The van der Waals surface area contributed by atoms with Crippen LogP contribution in [0.2, 0.25) is 0 Å². The molecule has 6 nitrogen and oxygen atoms in total. The van der Waals surface area contributed by atoms with Gasteiger partial charge in [0.25, 0.3) is 5.91 Å². The Balaban J connectivity index is 1.62. The van der Waals surface area contributed by atoms with E-state index in [2.05, 4.69) is 15.5 Å². The highest BCUT2D eigenvalue weighted by atomic mass is 32.2. The molecule has 1 amide bonds. The fourth-order valence-corrected chi connectivity index (χ4v) is 3.70. The summed E-state index contributed by atoms with van der Waals surface area (Å²) in [5, 5.41) is 19.8. The van der Waals surface area contributed by atoms with Crippen LogP contribution in [0, 0.1) is 11.6 Å². The topological polar surface area (TPSA) is 79.5 Å². The average Bonchev–Trinajstić information content (AvgIpc) is 3.17. The highest BCUT2D eigenvalue weighted by Gasteiger charge is 2.12. The first-order chi connectivity index (χ1) is 14.5. The lowest BCUT2D eigenvalue weighted by Crippen LogP contribution is -2.26. The summed E-state index contributed by atoms with van der Waals surface area (Å²) in [5.41, 5.74) is 1.82. The fourth-order valence-electron chi connectivity index (χ4n) is 2.86. The minimum absolute atomic E-state index is 0.127. The average molecular weight is 426 g/mol. The van der Waals surface area contributed by atoms with E-state index in [1.54, 1.807) is 47.0 Å². The number of pyridine rings is 1. The molecule has 0 bridgehead atoms. The Labute approximate surface area is 174 Å². The van der Waals surface area contributed by atoms with Crippen molar-refractivity contribution in [1.82, 2.24) is 19.9 Å². The molecule has 0 saturated heterocycles. The number of carbonyl (C=O) groups is 1. The molecule has 152 valence electrons. The number of aromatic nitrogens is 3. The zero-order chi connectivity index (χ0) is 21.1. The summed E-state index contributed by atoms with van der Waals surface area (Å²) in [5.74, 6) is -0.961. The molecule has 2 aromatic carbocycles. The Bertz CT molecular complexity index is 1210. The van der Waals surface area contributed by atoms with Crippen molar-refractivity contribution in [2.24, 2.45) is 0 Å². The summed E-state index contributed by atoms with van der Waals surface area (Å²) in [6.07, 6.45) is 1.78. The highest BCUT2D eigenvalue weighted by molar-refractivity contribution is 7.99. The van der Waals surface area contributed by atoms with Crippen LogP contribution in [-0.2, 0) is 0 Å². The van der Waals surface area contributed by atoms with Crippen LogP contribution in [0.15, 0.2) is 70.6 Å². The number of aliphatic hydroxyl groups is 1. The minimum atomic E-state index is -0.626. The van der Waals surface area contributed by atoms with Gasteiger partial charge in [0.1, 0.15) is 11.6 Å². The Hall–Kier alpha value is -3.30. The third-order valence-corrected chi connectivity index (χ3v) is 5.33. The molecule has 2 aromatic heterocycles. The second kappa shape index (κ2) is 8.60. The van der Waals surface area contributed by atoms with E-state index >= 15 is 0 Å². The molecule has 4 aromatic rings. The van der Waals surface area contributed by atoms with Crippen molar-refractivity contribution in [3.05, 3.63) is 78.0 Å². The van der Waals surface area contributed by atoms with E-state index in [9.17, 15) is 13.6 Å². The van der Waals surface area contributed by atoms with Gasteiger partial charge in [-0.3, -0.25) is 9.20 Å². The molecule has 9 heteroatoms. The number of rotatable bonds is 6. The number of hydrogen-bond acceptors (Lipinski definition) is 5. The van der Waals surface area contributed by atoms with Gasteiger partial charge in [0.2, 0.25) is 0 Å². The maximum atomic E-state index is 14.0. The van der Waals surface area contributed by atoms with Gasteiger partial charge in [-0.1, -0.05) is 23.9 Å². The van der Waals surface area contributed by atoms with E-state index in [1.165, 1.54) is 23.9 Å². The molecule has 0 fully saturated rings. The molecular weight excluding hydrogens is 410 g/mol. The lowest BCUT2D eigenvalue weighted by Gasteiger charge is -2.06. The third kappa shape index (κ3) is 4.17. The number of nitrogens with zero attached hydrogens (tertiary/aromatic N) is 3. The minimum Gasteiger partial charge on any atom is -0.395 e. The van der Waals surface area contributed by atoms with Gasteiger partial charge < -0.3 is 10.4 Å². The highest BCUT2D eigenvalue weighted by Crippen LogP contribution is 2.31. The molecule has 0 atom stereocenters. The largest absolute Gasteiger partial charge is 0.395 e. The molecule has 4 rings (SSSR count). The van der Waals surface area contributed by atoms with Gasteiger partial charge in [-0.25, -0.2) is 8.78 Å². The molecule has 0 unspecified atom stereocenters. The van der Waals surface area contributed by atoms with Crippen LogP contribution in [0.5, 0.6) is 0 Å². The van der Waals surface area contributed by atoms with E-state index in [-0.39, 0.29) is 19.1 Å². The summed E-state index contributed by atoms with van der Waals surface area (Å²) in [4.78, 5) is 13.0. The van der Waals surface area contributed by atoms with Crippen molar-refractivity contribution in [1.29, 1.82) is 0 Å². The van der Waals surface area contributed by atoms with E-state index in [0.29, 0.717) is 21.9 Å². The number of fused-ring (bicyclic) bond motifs is 1. The van der Waals surface area contributed by atoms with Crippen LogP contribution in [0.25, 0.3) is 17.0 Å². The van der Waals surface area contributed by atoms with Crippen molar-refractivity contribution >= 4 is 23.3 Å². The molecule has 30 heavy (non-hydrogen) atoms. The zero-order valence-electron chi connectivity index (χ0n) is 15.5. The van der Waals surface area contributed by atoms with Crippen LogP contribution < -0.4 is 5.32 Å². The standard InChI is InChI=1S/C21H16F2N4O2S/c22-15-5-7-18(17(23)11-15)30-16-6-8-19-25-26-20(27(19)12-16)13-1-3-14(4-2-13)21(29)24-9-10-28/h1-8,11-12,28H,9-10H2,(H,24,29). The van der Waals surface area contributed by atoms with Crippen molar-refractivity contribution in [3.8, 4) is 11.4 Å². The summed E-state index contributed by atoms with van der Waals surface area (Å²) < 4.78 is 28.9. The number of carbonyl (C=O) groups excluding carboxylic acids is 1. The van der Waals surface area contributed by atoms with Crippen LogP contribution in [-0.4, -0.2) is 38.8 Å². The van der Waals surface area contributed by atoms with E-state index in [4.69, 9.17) is 5.11 Å². The first-order valence-corrected chi connectivity index (χ1v) is 9.84. The Morgan fingerprint density at radius 2 is 1.87 bits per heavy atom. The molecule has 0 aliphatic carbocycles. The Morgan fingerprint density at radius 3 is 2.60 bits per heavy atom. The SMILES string of the molecule is O=C(NCCO)c1ccc(-c2nnc3ccc(Sc4ccc(F)cc4F)cn23)cc1. The molecule has 2 N–H and O–H groups in total. The predicted octanol–water partition coefficient (Wildman–Crippen LogP) is 3.55. The molecular formula is C21H16F2N4O2S. The van der Waals surface area contributed by atoms with E-state index < -0.39 is 11.6 Å². The second-order valence-corrected chi connectivity index (χ2v) is 7.47. The Kier molecular flexibility index (Phi) is 5.73. The second-order valence-electron chi connectivity index (χ2n) is 6.35. The molecule has 2 heterocycles. The van der Waals surface area contributed by atoms with Crippen molar-refractivity contribution < 1.29 is 18.7 Å². The first-order valence-electron chi connectivity index (χ1n) is 9.02. The number of nitrogens with one attached hydrogen (secondary N) is 1. The smallest absolute Gasteiger partial charge is 0.251 e. The molecule has 0 spiro atoms. The van der Waals surface area contributed by atoms with Crippen molar-refractivity contribution in [3.63, 3.8) is 0 Å². The van der Waals surface area contributed by atoms with Gasteiger partial charge in [-0.05, 0) is 36.4 Å². The van der Waals surface area contributed by atoms with Gasteiger partial charge in [-0.15, -0.1) is 10.2 Å². The summed E-state index contributed by atoms with van der Waals surface area (Å²) in [6.45, 7) is 0.0578. The third-order valence-electron chi connectivity index (χ3n) is 4.30. The number of aliphatic hydroxyl groups excluding tert-OH is 1. The molecule has 0 aliphatic rings. The maximum Gasteiger partial charge on any atom is 0.251 e. The maximum absolute atomic E-state index is 14.0. The summed E-state index contributed by atoms with van der Waals surface area (Å²) in [7, 11) is 0. The first kappa shape index (κ1) is 20.0. The van der Waals surface area contributed by atoms with Crippen LogP contribution in [0.3, 0.4) is 0 Å². The number of halogens is 2. The van der Waals surface area contributed by atoms with Gasteiger partial charge in [-0.2, -0.15) is 0 Å². The monoisotopic (exact) mass is 426 g/mol. The molecule has 0 aliphatic heterocycles. The lowest BCUT2D eigenvalue weighted by atomic mass is 10.1. The zero-order valence-corrected chi connectivity index (χ0v) is 16.4. The number of benzene rings is 2. The summed E-state index contributed by atoms with van der Waals surface area (Å²) >= 11 is 1.17. The summed E-state index contributed by atoms with van der Waals surface area (Å²) in [6, 6.07) is 13.8. The quantitative estimate of drug-likeness (QED) is 0.493. The normalized spacial score (nSPS) is 11.0.